The number of pyridine rings is 1. The van der Waals surface area contributed by atoms with Gasteiger partial charge in [-0.2, -0.15) is 15.3 Å². The zero-order valence-corrected chi connectivity index (χ0v) is 18.2. The number of nitrogens with one attached hydrogen (secondary N) is 2. The Hall–Kier alpha value is -4.82. The van der Waals surface area contributed by atoms with Gasteiger partial charge in [0, 0.05) is 30.6 Å². The average Bonchev–Trinajstić information content (AvgIpc) is 3.29. The summed E-state index contributed by atoms with van der Waals surface area (Å²) in [6.07, 6.45) is 6.08. The van der Waals surface area contributed by atoms with Crippen molar-refractivity contribution in [2.24, 2.45) is 0 Å². The maximum atomic E-state index is 13.1. The van der Waals surface area contributed by atoms with Crippen molar-refractivity contribution in [2.45, 2.75) is 6.54 Å². The zero-order chi connectivity index (χ0) is 24.1. The highest BCUT2D eigenvalue weighted by molar-refractivity contribution is 5.99. The molecule has 0 saturated heterocycles. The van der Waals surface area contributed by atoms with Gasteiger partial charge in [0.1, 0.15) is 11.6 Å². The van der Waals surface area contributed by atoms with Crippen molar-refractivity contribution in [3.05, 3.63) is 77.5 Å². The highest BCUT2D eigenvalue weighted by atomic mass is 16.5. The number of aromatic nitrogens is 5. The van der Waals surface area contributed by atoms with E-state index in [0.717, 1.165) is 6.08 Å². The molecular weight excluding hydrogens is 436 g/mol. The third kappa shape index (κ3) is 4.67. The van der Waals surface area contributed by atoms with Crippen LogP contribution in [0, 0.1) is 11.3 Å². The van der Waals surface area contributed by atoms with Crippen molar-refractivity contribution < 1.29 is 9.53 Å². The largest absolute Gasteiger partial charge is 0.383 e. The number of fused-ring (bicyclic) bond motifs is 1. The second-order valence-corrected chi connectivity index (χ2v) is 7.14. The molecule has 0 spiro atoms. The third-order valence-electron chi connectivity index (χ3n) is 4.83. The van der Waals surface area contributed by atoms with E-state index < -0.39 is 5.56 Å². The Morgan fingerprint density at radius 3 is 2.91 bits per heavy atom. The van der Waals surface area contributed by atoms with Crippen LogP contribution in [0.25, 0.3) is 16.7 Å². The van der Waals surface area contributed by atoms with E-state index in [2.05, 4.69) is 32.3 Å². The molecule has 4 rings (SSSR count). The van der Waals surface area contributed by atoms with Gasteiger partial charge in [0.2, 0.25) is 11.9 Å². The Balaban J connectivity index is 1.78. The zero-order valence-electron chi connectivity index (χ0n) is 18.2. The number of carbonyl (C=O) groups excluding carboxylic acids is 1. The highest BCUT2D eigenvalue weighted by Gasteiger charge is 2.14. The van der Waals surface area contributed by atoms with Crippen molar-refractivity contribution in [3.63, 3.8) is 0 Å². The molecule has 3 heterocycles. The molecule has 0 bridgehead atoms. The lowest BCUT2D eigenvalue weighted by Gasteiger charge is -2.13. The third-order valence-corrected chi connectivity index (χ3v) is 4.83. The molecule has 11 heteroatoms. The average molecular weight is 456 g/mol. The molecule has 0 aliphatic carbocycles. The van der Waals surface area contributed by atoms with Crippen LogP contribution in [0.3, 0.4) is 0 Å². The molecule has 0 aliphatic heterocycles. The Kier molecular flexibility index (Phi) is 6.42. The highest BCUT2D eigenvalue weighted by Crippen LogP contribution is 2.21. The summed E-state index contributed by atoms with van der Waals surface area (Å²) in [7, 11) is 1.62. The van der Waals surface area contributed by atoms with Crippen molar-refractivity contribution in [3.8, 4) is 11.8 Å². The molecule has 3 aromatic heterocycles. The van der Waals surface area contributed by atoms with Gasteiger partial charge in [-0.05, 0) is 30.3 Å². The number of nitrogens with zero attached hydrogens (tertiary/aromatic N) is 6. The number of carbonyl (C=O) groups is 1. The standard InChI is InChI=1S/C23H20N8O3/c1-3-20(32)27-17-5-4-6-19(10-17)31-21-16(9-15(11-24)22(31)33)12-25-23(29-21)28-18-13-26-30(14-18)7-8-34-2/h3-6,9-10,12-14H,1,7-8H2,2H3,(H,27,32)(H,25,28,29). The number of amides is 1. The summed E-state index contributed by atoms with van der Waals surface area (Å²) in [4.78, 5) is 33.6. The molecule has 2 N–H and O–H groups in total. The number of anilines is 3. The summed E-state index contributed by atoms with van der Waals surface area (Å²) in [6, 6.07) is 10.0. The van der Waals surface area contributed by atoms with Gasteiger partial charge in [0.05, 0.1) is 30.7 Å². The van der Waals surface area contributed by atoms with Crippen LogP contribution in [0.15, 0.2) is 66.4 Å². The van der Waals surface area contributed by atoms with Gasteiger partial charge in [0.15, 0.2) is 5.65 Å². The van der Waals surface area contributed by atoms with Gasteiger partial charge in [-0.1, -0.05) is 12.6 Å². The lowest BCUT2D eigenvalue weighted by Crippen LogP contribution is -2.22. The lowest BCUT2D eigenvalue weighted by atomic mass is 10.2. The van der Waals surface area contributed by atoms with Gasteiger partial charge in [-0.3, -0.25) is 18.8 Å². The first-order valence-corrected chi connectivity index (χ1v) is 10.2. The number of ether oxygens (including phenoxy) is 1. The number of rotatable bonds is 8. The molecule has 0 aliphatic rings. The molecule has 1 amide bonds. The molecule has 0 atom stereocenters. The number of hydrogen-bond donors (Lipinski definition) is 2. The maximum Gasteiger partial charge on any atom is 0.274 e. The van der Waals surface area contributed by atoms with Crippen molar-refractivity contribution in [1.82, 2.24) is 24.3 Å². The van der Waals surface area contributed by atoms with E-state index in [1.165, 1.54) is 16.8 Å². The van der Waals surface area contributed by atoms with Crippen LogP contribution in [0.4, 0.5) is 17.3 Å². The second-order valence-electron chi connectivity index (χ2n) is 7.14. The molecule has 0 unspecified atom stereocenters. The first kappa shape index (κ1) is 22.4. The van der Waals surface area contributed by atoms with Crippen molar-refractivity contribution in [1.29, 1.82) is 5.26 Å². The number of hydrogen-bond acceptors (Lipinski definition) is 8. The Bertz CT molecular complexity index is 1480. The van der Waals surface area contributed by atoms with Crippen molar-refractivity contribution in [2.75, 3.05) is 24.4 Å². The molecule has 34 heavy (non-hydrogen) atoms. The maximum absolute atomic E-state index is 13.1. The van der Waals surface area contributed by atoms with E-state index in [0.29, 0.717) is 41.2 Å². The van der Waals surface area contributed by atoms with Crippen LogP contribution in [-0.2, 0) is 16.1 Å². The predicted molar refractivity (Wildman–Crippen MR) is 126 cm³/mol. The molecule has 0 fully saturated rings. The summed E-state index contributed by atoms with van der Waals surface area (Å²) >= 11 is 0. The fourth-order valence-electron chi connectivity index (χ4n) is 3.26. The van der Waals surface area contributed by atoms with Crippen LogP contribution >= 0.6 is 0 Å². The Morgan fingerprint density at radius 1 is 1.29 bits per heavy atom. The van der Waals surface area contributed by atoms with Crippen LogP contribution < -0.4 is 16.2 Å². The first-order valence-electron chi connectivity index (χ1n) is 10.2. The molecule has 4 aromatic rings. The van der Waals surface area contributed by atoms with Crippen LogP contribution in [-0.4, -0.2) is 43.9 Å². The quantitative estimate of drug-likeness (QED) is 0.385. The molecule has 0 saturated carbocycles. The molecular formula is C23H20N8O3. The summed E-state index contributed by atoms with van der Waals surface area (Å²) in [6.45, 7) is 4.55. The van der Waals surface area contributed by atoms with Crippen LogP contribution in [0.5, 0.6) is 0 Å². The summed E-state index contributed by atoms with van der Waals surface area (Å²) in [5, 5.41) is 19.9. The summed E-state index contributed by atoms with van der Waals surface area (Å²) < 4.78 is 8.08. The van der Waals surface area contributed by atoms with E-state index in [4.69, 9.17) is 4.74 Å². The Morgan fingerprint density at radius 2 is 2.15 bits per heavy atom. The fourth-order valence-corrected chi connectivity index (χ4v) is 3.26. The van der Waals surface area contributed by atoms with E-state index in [1.807, 2.05) is 6.07 Å². The monoisotopic (exact) mass is 456 g/mol. The van der Waals surface area contributed by atoms with Crippen LogP contribution in [0.1, 0.15) is 5.56 Å². The molecule has 1 aromatic carbocycles. The normalized spacial score (nSPS) is 10.6. The van der Waals surface area contributed by atoms with Gasteiger partial charge < -0.3 is 15.4 Å². The minimum Gasteiger partial charge on any atom is -0.383 e. The number of benzene rings is 1. The van der Waals surface area contributed by atoms with E-state index in [1.54, 1.807) is 48.5 Å². The fraction of sp³-hybridized carbons (Fsp3) is 0.130. The minimum absolute atomic E-state index is 0.0586. The SMILES string of the molecule is C=CC(=O)Nc1cccc(-n2c(=O)c(C#N)cc3cnc(Nc4cnn(CCOC)c4)nc32)c1. The van der Waals surface area contributed by atoms with Crippen LogP contribution in [0.2, 0.25) is 0 Å². The minimum atomic E-state index is -0.542. The van der Waals surface area contributed by atoms with Gasteiger partial charge in [-0.25, -0.2) is 4.98 Å². The topological polar surface area (TPSA) is 140 Å². The van der Waals surface area contributed by atoms with E-state index in [9.17, 15) is 14.9 Å². The molecule has 170 valence electrons. The van der Waals surface area contributed by atoms with Crippen molar-refractivity contribution >= 4 is 34.3 Å². The first-order chi connectivity index (χ1) is 16.5. The van der Waals surface area contributed by atoms with Gasteiger partial charge in [0.25, 0.3) is 5.56 Å². The number of methoxy groups -OCH3 is 1. The number of nitriles is 1. The summed E-state index contributed by atoms with van der Waals surface area (Å²) in [5.41, 5.74) is 1.23. The second kappa shape index (κ2) is 9.76. The Labute approximate surface area is 193 Å². The molecule has 0 radical (unpaired) electrons. The molecule has 11 nitrogen and oxygen atoms in total. The van der Waals surface area contributed by atoms with E-state index >= 15 is 0 Å². The van der Waals surface area contributed by atoms with Gasteiger partial charge in [-0.15, -0.1) is 0 Å². The summed E-state index contributed by atoms with van der Waals surface area (Å²) in [5.74, 6) is -0.146. The lowest BCUT2D eigenvalue weighted by molar-refractivity contribution is -0.111. The predicted octanol–water partition coefficient (Wildman–Crippen LogP) is 2.36. The smallest absolute Gasteiger partial charge is 0.274 e. The van der Waals surface area contributed by atoms with Gasteiger partial charge >= 0.3 is 0 Å². The van der Waals surface area contributed by atoms with E-state index in [-0.39, 0.29) is 17.4 Å².